The fourth-order valence-corrected chi connectivity index (χ4v) is 5.37. The zero-order valence-corrected chi connectivity index (χ0v) is 23.1. The van der Waals surface area contributed by atoms with Crippen molar-refractivity contribution in [2.24, 2.45) is 11.0 Å². The molecule has 0 unspecified atom stereocenters. The first-order valence-corrected chi connectivity index (χ1v) is 13.5. The summed E-state index contributed by atoms with van der Waals surface area (Å²) in [6, 6.07) is 25.7. The molecule has 2 atom stereocenters. The van der Waals surface area contributed by atoms with E-state index in [2.05, 4.69) is 0 Å². The van der Waals surface area contributed by atoms with Gasteiger partial charge in [-0.25, -0.2) is 4.39 Å². The van der Waals surface area contributed by atoms with Gasteiger partial charge in [0.15, 0.2) is 0 Å². The summed E-state index contributed by atoms with van der Waals surface area (Å²) in [5, 5.41) is 26.3. The van der Waals surface area contributed by atoms with Crippen molar-refractivity contribution in [3.05, 3.63) is 124 Å². The normalized spacial score (nSPS) is 16.7. The molecular formula is C33H30ClFN2O3. The summed E-state index contributed by atoms with van der Waals surface area (Å²) in [4.78, 5) is 11.7. The van der Waals surface area contributed by atoms with E-state index in [0.29, 0.717) is 22.6 Å². The Balaban J connectivity index is 1.37. The van der Waals surface area contributed by atoms with Gasteiger partial charge in [0.25, 0.3) is 0 Å². The summed E-state index contributed by atoms with van der Waals surface area (Å²) >= 11 is 6.06. The van der Waals surface area contributed by atoms with E-state index in [1.807, 2.05) is 85.6 Å². The fourth-order valence-electron chi connectivity index (χ4n) is 5.25. The average molecular weight is 557 g/mol. The van der Waals surface area contributed by atoms with Crippen LogP contribution in [0.4, 0.5) is 10.1 Å². The molecule has 0 aliphatic carbocycles. The van der Waals surface area contributed by atoms with Crippen LogP contribution in [0.3, 0.4) is 0 Å². The first kappa shape index (κ1) is 27.6. The van der Waals surface area contributed by atoms with E-state index in [1.54, 1.807) is 12.1 Å². The zero-order chi connectivity index (χ0) is 28.4. The van der Waals surface area contributed by atoms with Crippen molar-refractivity contribution in [3.63, 3.8) is 0 Å². The first-order valence-electron chi connectivity index (χ1n) is 13.2. The van der Waals surface area contributed by atoms with Gasteiger partial charge in [-0.3, -0.25) is 9.80 Å². The number of aryl methyl sites for hydroxylation is 1. The predicted molar refractivity (Wildman–Crippen MR) is 157 cm³/mol. The van der Waals surface area contributed by atoms with Gasteiger partial charge in [-0.05, 0) is 83.1 Å². The van der Waals surface area contributed by atoms with E-state index in [9.17, 15) is 19.4 Å². The standard InChI is InChI=1S/C33H30ClFN2O3/c1-20-15-26(29-17-23(19-38)5-14-30(29)35)7-6-25(20)16-22-3-12-28(13-4-22)37-31(18-32(39)40)21(2)33(36-37)24-8-10-27(34)11-9-24/h3-15,17,21,31,38H,16,18-19H2,1-2H3,(H,39,40)/t21-,31-/m0/s1. The minimum Gasteiger partial charge on any atom is -0.481 e. The molecule has 0 bridgehead atoms. The molecule has 1 aliphatic heterocycles. The van der Waals surface area contributed by atoms with Gasteiger partial charge < -0.3 is 10.2 Å². The lowest BCUT2D eigenvalue weighted by Crippen LogP contribution is -2.34. The molecule has 1 aliphatic rings. The third-order valence-corrected chi connectivity index (χ3v) is 7.78. The van der Waals surface area contributed by atoms with Crippen LogP contribution in [-0.4, -0.2) is 27.9 Å². The highest BCUT2D eigenvalue weighted by molar-refractivity contribution is 6.30. The summed E-state index contributed by atoms with van der Waals surface area (Å²) in [5.41, 5.74) is 7.76. The number of nitrogens with zero attached hydrogens (tertiary/aromatic N) is 2. The number of carboxylic acid groups (broad SMARTS) is 1. The molecule has 4 aromatic rings. The van der Waals surface area contributed by atoms with E-state index in [4.69, 9.17) is 16.7 Å². The summed E-state index contributed by atoms with van der Waals surface area (Å²) in [6.07, 6.45) is 0.663. The van der Waals surface area contributed by atoms with Crippen LogP contribution in [0.2, 0.25) is 5.02 Å². The van der Waals surface area contributed by atoms with Gasteiger partial charge in [0.1, 0.15) is 5.82 Å². The van der Waals surface area contributed by atoms with Crippen LogP contribution in [0, 0.1) is 18.7 Å². The summed E-state index contributed by atoms with van der Waals surface area (Å²) < 4.78 is 14.5. The van der Waals surface area contributed by atoms with Crippen LogP contribution >= 0.6 is 11.6 Å². The lowest BCUT2D eigenvalue weighted by molar-refractivity contribution is -0.137. The number of anilines is 1. The van der Waals surface area contributed by atoms with Gasteiger partial charge in [0.05, 0.1) is 30.5 Å². The van der Waals surface area contributed by atoms with E-state index in [-0.39, 0.29) is 30.8 Å². The summed E-state index contributed by atoms with van der Waals surface area (Å²) in [6.45, 7) is 3.88. The lowest BCUT2D eigenvalue weighted by atomic mass is 9.91. The largest absolute Gasteiger partial charge is 0.481 e. The number of hydrogen-bond acceptors (Lipinski definition) is 4. The van der Waals surface area contributed by atoms with Gasteiger partial charge in [0.2, 0.25) is 0 Å². The van der Waals surface area contributed by atoms with Crippen molar-refractivity contribution >= 4 is 29.0 Å². The van der Waals surface area contributed by atoms with Gasteiger partial charge in [-0.1, -0.05) is 67.1 Å². The Morgan fingerprint density at radius 1 is 0.950 bits per heavy atom. The molecule has 0 spiro atoms. The molecule has 7 heteroatoms. The number of rotatable bonds is 8. The van der Waals surface area contributed by atoms with Crippen molar-refractivity contribution < 1.29 is 19.4 Å². The van der Waals surface area contributed by atoms with Crippen molar-refractivity contribution in [1.29, 1.82) is 0 Å². The molecule has 4 aromatic carbocycles. The molecule has 0 radical (unpaired) electrons. The van der Waals surface area contributed by atoms with Gasteiger partial charge >= 0.3 is 5.97 Å². The average Bonchev–Trinajstić information content (AvgIpc) is 3.26. The van der Waals surface area contributed by atoms with Crippen molar-refractivity contribution in [2.75, 3.05) is 5.01 Å². The molecule has 0 amide bonds. The SMILES string of the molecule is Cc1cc(-c2cc(CO)ccc2F)ccc1Cc1ccc(N2N=C(c3ccc(Cl)cc3)[C@@H](C)[C@@H]2CC(=O)O)cc1. The first-order chi connectivity index (χ1) is 19.2. The Hall–Kier alpha value is -4.00. The molecular weight excluding hydrogens is 527 g/mol. The molecule has 204 valence electrons. The van der Waals surface area contributed by atoms with Gasteiger partial charge in [0, 0.05) is 16.5 Å². The van der Waals surface area contributed by atoms with Crippen LogP contribution in [0.1, 0.15) is 41.2 Å². The summed E-state index contributed by atoms with van der Waals surface area (Å²) in [5.74, 6) is -1.27. The Morgan fingerprint density at radius 3 is 2.27 bits per heavy atom. The van der Waals surface area contributed by atoms with Crippen molar-refractivity contribution in [1.82, 2.24) is 0 Å². The number of aliphatic hydroxyl groups is 1. The van der Waals surface area contributed by atoms with E-state index < -0.39 is 5.97 Å². The maximum absolute atomic E-state index is 14.5. The predicted octanol–water partition coefficient (Wildman–Crippen LogP) is 7.24. The molecule has 40 heavy (non-hydrogen) atoms. The summed E-state index contributed by atoms with van der Waals surface area (Å²) in [7, 11) is 0. The highest BCUT2D eigenvalue weighted by atomic mass is 35.5. The van der Waals surface area contributed by atoms with Crippen LogP contribution in [-0.2, 0) is 17.8 Å². The lowest BCUT2D eigenvalue weighted by Gasteiger charge is -2.25. The highest BCUT2D eigenvalue weighted by Gasteiger charge is 2.37. The number of carboxylic acids is 1. The molecule has 1 heterocycles. The van der Waals surface area contributed by atoms with E-state index in [1.165, 1.54) is 6.07 Å². The second-order valence-electron chi connectivity index (χ2n) is 10.2. The van der Waals surface area contributed by atoms with Crippen LogP contribution in [0.15, 0.2) is 90.0 Å². The molecule has 5 rings (SSSR count). The number of halogens is 2. The van der Waals surface area contributed by atoms with Crippen LogP contribution in [0.25, 0.3) is 11.1 Å². The van der Waals surface area contributed by atoms with Crippen molar-refractivity contribution in [3.8, 4) is 11.1 Å². The van der Waals surface area contributed by atoms with Gasteiger partial charge in [-0.2, -0.15) is 5.10 Å². The Morgan fingerprint density at radius 2 is 1.62 bits per heavy atom. The number of benzene rings is 4. The third-order valence-electron chi connectivity index (χ3n) is 7.52. The molecule has 0 aromatic heterocycles. The second kappa shape index (κ2) is 11.6. The number of aliphatic hydroxyl groups excluding tert-OH is 1. The Labute approximate surface area is 238 Å². The minimum absolute atomic E-state index is 0.0309. The zero-order valence-electron chi connectivity index (χ0n) is 22.3. The minimum atomic E-state index is -0.868. The molecule has 0 saturated carbocycles. The highest BCUT2D eigenvalue weighted by Crippen LogP contribution is 2.34. The molecule has 5 nitrogen and oxygen atoms in total. The third kappa shape index (κ3) is 5.79. The number of hydrogen-bond donors (Lipinski definition) is 2. The van der Waals surface area contributed by atoms with E-state index in [0.717, 1.165) is 39.2 Å². The Kier molecular flexibility index (Phi) is 8.01. The Bertz CT molecular complexity index is 1570. The van der Waals surface area contributed by atoms with Gasteiger partial charge in [-0.15, -0.1) is 0 Å². The number of carbonyl (C=O) groups is 1. The monoisotopic (exact) mass is 556 g/mol. The number of aliphatic carboxylic acids is 1. The molecule has 0 fully saturated rings. The second-order valence-corrected chi connectivity index (χ2v) is 10.7. The maximum Gasteiger partial charge on any atom is 0.305 e. The van der Waals surface area contributed by atoms with Crippen LogP contribution < -0.4 is 5.01 Å². The van der Waals surface area contributed by atoms with Crippen LogP contribution in [0.5, 0.6) is 0 Å². The van der Waals surface area contributed by atoms with Crippen molar-refractivity contribution in [2.45, 2.75) is 39.3 Å². The van der Waals surface area contributed by atoms with E-state index >= 15 is 0 Å². The molecule has 2 N–H and O–H groups in total. The fraction of sp³-hybridized carbons (Fsp3) is 0.212. The molecule has 0 saturated heterocycles. The smallest absolute Gasteiger partial charge is 0.305 e. The topological polar surface area (TPSA) is 73.1 Å². The quantitative estimate of drug-likeness (QED) is 0.240. The maximum atomic E-state index is 14.5. The number of hydrazone groups is 1.